The highest BCUT2D eigenvalue weighted by Gasteiger charge is 2.40. The normalized spacial score (nSPS) is 26.4. The molecule has 0 radical (unpaired) electrons. The molecule has 0 bridgehead atoms. The zero-order valence-corrected chi connectivity index (χ0v) is 71.2. The highest BCUT2D eigenvalue weighted by Crippen LogP contribution is 2.36. The van der Waals surface area contributed by atoms with Crippen molar-refractivity contribution in [3.8, 4) is 0 Å². The summed E-state index contributed by atoms with van der Waals surface area (Å²) >= 11 is 0. The van der Waals surface area contributed by atoms with Gasteiger partial charge in [0.25, 0.3) is 0 Å². The number of benzene rings is 6. The van der Waals surface area contributed by atoms with Gasteiger partial charge >= 0.3 is 0 Å². The molecular formula is C94H133N3O21. The van der Waals surface area contributed by atoms with Crippen molar-refractivity contribution in [1.29, 1.82) is 0 Å². The minimum atomic E-state index is -0.413. The molecule has 118 heavy (non-hydrogen) atoms. The first kappa shape index (κ1) is 91.6. The molecule has 24 heteroatoms. The van der Waals surface area contributed by atoms with Gasteiger partial charge in [-0.05, 0) is 75.2 Å². The van der Waals surface area contributed by atoms with Crippen LogP contribution in [0.15, 0.2) is 182 Å². The minimum absolute atomic E-state index is 0.0156. The fraction of sp³-hybridized carbons (Fsp3) is 0.617. The van der Waals surface area contributed by atoms with Crippen LogP contribution in [0.4, 0.5) is 0 Å². The van der Waals surface area contributed by atoms with Gasteiger partial charge < -0.3 is 99.5 Å². The molecule has 0 N–H and O–H groups in total. The van der Waals surface area contributed by atoms with Crippen molar-refractivity contribution in [2.75, 3.05) is 158 Å². The van der Waals surface area contributed by atoms with E-state index in [-0.39, 0.29) is 96.8 Å². The van der Waals surface area contributed by atoms with Crippen molar-refractivity contribution in [3.05, 3.63) is 215 Å². The maximum Gasteiger partial charge on any atom is 0.184 e. The Labute approximate surface area is 701 Å². The molecule has 21 unspecified atom stereocenters. The van der Waals surface area contributed by atoms with Crippen LogP contribution in [0.1, 0.15) is 153 Å². The monoisotopic (exact) mass is 1640 g/mol. The highest BCUT2D eigenvalue weighted by atomic mass is 16.8. The number of ether oxygens (including phenoxy) is 21. The molecule has 6 aliphatic heterocycles. The van der Waals surface area contributed by atoms with Gasteiger partial charge in [-0.25, -0.2) is 0 Å². The SMILES string of the molecule is CCC(CCOCC(C)OCC(C)OCC(C)N(CC1COC(c2ccccc2)O1)CC1COC(c2ccccc2)O1)(COCC(C)OCC(C)OCC(C)N(CC1COC(c2ccccc2)O1)CC1COC(c2ccccc2)O1)COCC(C)OCC(C)OCC(C)N(CC1COC(c2ccccc2)O1)CC1COC(c2ccccc2)O1. The Bertz CT molecular complexity index is 3340. The van der Waals surface area contributed by atoms with Crippen molar-refractivity contribution in [1.82, 2.24) is 14.7 Å². The predicted molar refractivity (Wildman–Crippen MR) is 445 cm³/mol. The van der Waals surface area contributed by atoms with Gasteiger partial charge in [0.1, 0.15) is 0 Å². The minimum Gasteiger partial charge on any atom is -0.379 e. The average Bonchev–Trinajstić information content (AvgIpc) is 1.71. The number of rotatable bonds is 53. The summed E-state index contributed by atoms with van der Waals surface area (Å²) in [6, 6.07) is 60.5. The zero-order valence-electron chi connectivity index (χ0n) is 71.2. The van der Waals surface area contributed by atoms with E-state index in [9.17, 15) is 0 Å². The summed E-state index contributed by atoms with van der Waals surface area (Å²) in [4.78, 5) is 7.12. The molecule has 0 aromatic heterocycles. The topological polar surface area (TPSA) is 204 Å². The Morgan fingerprint density at radius 3 is 0.703 bits per heavy atom. The van der Waals surface area contributed by atoms with E-state index >= 15 is 0 Å². The zero-order chi connectivity index (χ0) is 82.3. The van der Waals surface area contributed by atoms with Crippen molar-refractivity contribution >= 4 is 0 Å². The molecule has 6 aromatic rings. The van der Waals surface area contributed by atoms with Crippen LogP contribution >= 0.6 is 0 Å². The third-order valence-corrected chi connectivity index (χ3v) is 22.5. The quantitative estimate of drug-likeness (QED) is 0.0326. The first-order valence-corrected chi connectivity index (χ1v) is 43.1. The summed E-state index contributed by atoms with van der Waals surface area (Å²) in [6.07, 6.45) is -3.00. The van der Waals surface area contributed by atoms with Crippen LogP contribution in [0.25, 0.3) is 0 Å². The third kappa shape index (κ3) is 29.5. The molecule has 6 fully saturated rings. The van der Waals surface area contributed by atoms with Crippen molar-refractivity contribution < 1.29 is 99.5 Å². The van der Waals surface area contributed by atoms with Crippen molar-refractivity contribution in [2.45, 2.75) is 211 Å². The van der Waals surface area contributed by atoms with E-state index in [1.165, 1.54) is 0 Å². The van der Waals surface area contributed by atoms with Crippen LogP contribution in [0.2, 0.25) is 0 Å². The Kier molecular flexibility index (Phi) is 37.6. The fourth-order valence-electron chi connectivity index (χ4n) is 15.2. The lowest BCUT2D eigenvalue weighted by Gasteiger charge is -2.34. The Morgan fingerprint density at radius 1 is 0.280 bits per heavy atom. The summed E-state index contributed by atoms with van der Waals surface area (Å²) in [5, 5.41) is 0. The lowest BCUT2D eigenvalue weighted by Crippen LogP contribution is -2.46. The lowest BCUT2D eigenvalue weighted by atomic mass is 9.83. The molecule has 24 nitrogen and oxygen atoms in total. The summed E-state index contributed by atoms with van der Waals surface area (Å²) in [5.74, 6) is 0. The molecular weight excluding hydrogens is 1510 g/mol. The van der Waals surface area contributed by atoms with Crippen LogP contribution in [0.5, 0.6) is 0 Å². The van der Waals surface area contributed by atoms with Gasteiger partial charge in [-0.2, -0.15) is 0 Å². The fourth-order valence-corrected chi connectivity index (χ4v) is 15.2. The molecule has 0 spiro atoms. The Hall–Kier alpha value is -5.64. The van der Waals surface area contributed by atoms with Gasteiger partial charge in [-0.1, -0.05) is 189 Å². The summed E-state index contributed by atoms with van der Waals surface area (Å²) < 4.78 is 135. The van der Waals surface area contributed by atoms with E-state index in [1.54, 1.807) is 0 Å². The lowest BCUT2D eigenvalue weighted by molar-refractivity contribution is -0.105. The molecule has 0 saturated carbocycles. The molecule has 0 amide bonds. The van der Waals surface area contributed by atoms with Gasteiger partial charge in [0.2, 0.25) is 0 Å². The van der Waals surface area contributed by atoms with Gasteiger partial charge in [-0.15, -0.1) is 0 Å². The molecule has 6 heterocycles. The maximum absolute atomic E-state index is 6.64. The van der Waals surface area contributed by atoms with Crippen LogP contribution in [0, 0.1) is 5.41 Å². The van der Waals surface area contributed by atoms with Gasteiger partial charge in [0.15, 0.2) is 37.7 Å². The van der Waals surface area contributed by atoms with E-state index in [0.29, 0.717) is 165 Å². The second-order valence-electron chi connectivity index (χ2n) is 33.0. The molecule has 6 aliphatic rings. The number of hydrogen-bond donors (Lipinski definition) is 0. The number of nitrogens with zero attached hydrogens (tertiary/aromatic N) is 3. The van der Waals surface area contributed by atoms with Crippen molar-refractivity contribution in [2.24, 2.45) is 5.41 Å². The molecule has 12 rings (SSSR count). The van der Waals surface area contributed by atoms with Crippen LogP contribution < -0.4 is 0 Å². The van der Waals surface area contributed by atoms with Gasteiger partial charge in [-0.3, -0.25) is 14.7 Å². The van der Waals surface area contributed by atoms with Gasteiger partial charge in [0, 0.05) is 103 Å². The van der Waals surface area contributed by atoms with Crippen LogP contribution in [0.3, 0.4) is 0 Å². The standard InChI is InChI=1S/C94H133N3O21/c1-11-94(65-99-54-71(6)105-57-74(9)102-51-68(3)96(46-84-61-109-90(115-84)78-34-22-14-23-35-78)47-85-62-110-91(116-85)79-36-24-15-25-37-79,66-100-55-72(7)106-58-75(10)103-52-69(4)97(48-86-63-111-92(117-86)80-38-26-16-27-39-80)49-87-64-112-93(118-87)81-40-28-17-29-41-81)42-43-98-53-70(5)104-56-73(8)101-50-67(2)95(44-82-59-107-88(113-82)76-30-18-12-19-31-76)45-83-60-108-89(114-83)77-32-20-13-21-33-77/h12-41,67-75,82-93H,11,42-66H2,1-10H3. The molecule has 21 atom stereocenters. The van der Waals surface area contributed by atoms with E-state index < -0.39 is 37.7 Å². The van der Waals surface area contributed by atoms with Crippen molar-refractivity contribution in [3.63, 3.8) is 0 Å². The summed E-state index contributed by atoms with van der Waals surface area (Å²) in [6.45, 7) is 32.9. The van der Waals surface area contributed by atoms with Crippen LogP contribution in [-0.2, 0) is 99.5 Å². The number of hydrogen-bond acceptors (Lipinski definition) is 24. The predicted octanol–water partition coefficient (Wildman–Crippen LogP) is 14.0. The second kappa shape index (κ2) is 48.4. The average molecular weight is 1640 g/mol. The molecule has 6 aromatic carbocycles. The smallest absolute Gasteiger partial charge is 0.184 e. The van der Waals surface area contributed by atoms with E-state index in [0.717, 1.165) is 39.8 Å². The largest absolute Gasteiger partial charge is 0.379 e. The summed E-state index contributed by atoms with van der Waals surface area (Å²) in [7, 11) is 0. The highest BCUT2D eigenvalue weighted by molar-refractivity contribution is 5.21. The first-order valence-electron chi connectivity index (χ1n) is 43.1. The molecule has 0 aliphatic carbocycles. The van der Waals surface area contributed by atoms with Crippen LogP contribution in [-0.4, -0.2) is 264 Å². The van der Waals surface area contributed by atoms with E-state index in [1.807, 2.05) is 203 Å². The Balaban J connectivity index is 0.605. The first-order chi connectivity index (χ1) is 57.5. The molecule has 6 saturated heterocycles. The Morgan fingerprint density at radius 2 is 0.483 bits per heavy atom. The maximum atomic E-state index is 6.64. The second-order valence-corrected chi connectivity index (χ2v) is 33.0. The van der Waals surface area contributed by atoms with E-state index in [4.69, 9.17) is 99.5 Å². The van der Waals surface area contributed by atoms with Gasteiger partial charge in [0.05, 0.1) is 186 Å². The third-order valence-electron chi connectivity index (χ3n) is 22.5. The summed E-state index contributed by atoms with van der Waals surface area (Å²) in [5.41, 5.74) is 5.63. The molecule has 650 valence electrons. The van der Waals surface area contributed by atoms with E-state index in [2.05, 4.69) is 63.2 Å².